The third-order valence-electron chi connectivity index (χ3n) is 6.26. The van der Waals surface area contributed by atoms with Gasteiger partial charge in [0.25, 0.3) is 12.0 Å². The molecule has 9 nitrogen and oxygen atoms in total. The Bertz CT molecular complexity index is 1460. The summed E-state index contributed by atoms with van der Waals surface area (Å²) in [7, 11) is 0. The topological polar surface area (TPSA) is 110 Å². The van der Waals surface area contributed by atoms with Crippen molar-refractivity contribution in [1.82, 2.24) is 29.6 Å². The Kier molecular flexibility index (Phi) is 5.81. The van der Waals surface area contributed by atoms with Crippen LogP contribution < -0.4 is 16.2 Å². The molecular formula is C24H25F2N7O2. The van der Waals surface area contributed by atoms with E-state index in [4.69, 9.17) is 0 Å². The molecule has 3 aromatic heterocycles. The molecule has 4 aromatic rings. The molecule has 0 radical (unpaired) electrons. The Morgan fingerprint density at radius 3 is 2.83 bits per heavy atom. The van der Waals surface area contributed by atoms with E-state index in [2.05, 4.69) is 31.7 Å². The van der Waals surface area contributed by atoms with Gasteiger partial charge in [-0.3, -0.25) is 9.78 Å². The van der Waals surface area contributed by atoms with Gasteiger partial charge in [-0.2, -0.15) is 4.98 Å². The van der Waals surface area contributed by atoms with Crippen molar-refractivity contribution in [1.29, 1.82) is 0 Å². The number of rotatable bonds is 6. The molecule has 11 heteroatoms. The van der Waals surface area contributed by atoms with Crippen LogP contribution in [0.15, 0.2) is 47.5 Å². The van der Waals surface area contributed by atoms with Crippen molar-refractivity contribution in [3.8, 4) is 5.69 Å². The van der Waals surface area contributed by atoms with Crippen LogP contribution in [-0.2, 0) is 25.1 Å². The number of aromatic nitrogens is 5. The summed E-state index contributed by atoms with van der Waals surface area (Å²) >= 11 is 0. The summed E-state index contributed by atoms with van der Waals surface area (Å²) in [5, 5.41) is 17.1. The standard InChI is InChI=1S/C24H25F2N7O2/c1-3-32-21(34)18-13-29-23(30-16-5-4-14-6-8-27-12-15(14)10-16)31-20(18)33(32)17-7-9-28-19(11-17)24(2,35)22(25)26/h4-5,7,9-11,13,22,27,35H,3,6,8,12H2,1-2H3,(H,29,30,31). The highest BCUT2D eigenvalue weighted by Crippen LogP contribution is 2.28. The third-order valence-corrected chi connectivity index (χ3v) is 6.26. The highest BCUT2D eigenvalue weighted by atomic mass is 19.3. The lowest BCUT2D eigenvalue weighted by molar-refractivity contribution is -0.0910. The van der Waals surface area contributed by atoms with Crippen LogP contribution in [0, 0.1) is 0 Å². The maximum absolute atomic E-state index is 13.4. The average molecular weight is 482 g/mol. The van der Waals surface area contributed by atoms with E-state index in [1.807, 2.05) is 12.1 Å². The summed E-state index contributed by atoms with van der Waals surface area (Å²) in [6, 6.07) is 8.99. The Hall–Kier alpha value is -3.70. The van der Waals surface area contributed by atoms with Crippen molar-refractivity contribution >= 4 is 22.7 Å². The molecule has 0 spiro atoms. The van der Waals surface area contributed by atoms with Gasteiger partial charge in [0, 0.05) is 31.2 Å². The fraction of sp³-hybridized carbons (Fsp3) is 0.333. The van der Waals surface area contributed by atoms with Gasteiger partial charge >= 0.3 is 0 Å². The number of benzene rings is 1. The zero-order valence-electron chi connectivity index (χ0n) is 19.3. The van der Waals surface area contributed by atoms with Gasteiger partial charge in [0.1, 0.15) is 5.39 Å². The highest BCUT2D eigenvalue weighted by molar-refractivity contribution is 5.77. The van der Waals surface area contributed by atoms with E-state index >= 15 is 0 Å². The second kappa shape index (κ2) is 8.82. The van der Waals surface area contributed by atoms with Gasteiger partial charge < -0.3 is 15.7 Å². The van der Waals surface area contributed by atoms with Gasteiger partial charge in [-0.25, -0.2) is 23.1 Å². The lowest BCUT2D eigenvalue weighted by Crippen LogP contribution is -2.31. The molecule has 1 aliphatic rings. The fourth-order valence-corrected chi connectivity index (χ4v) is 4.26. The van der Waals surface area contributed by atoms with E-state index in [-0.39, 0.29) is 22.6 Å². The SMILES string of the molecule is CCn1c(=O)c2cnc(Nc3ccc4c(c3)CNCC4)nc2n1-c1ccnc(C(C)(O)C(F)F)c1. The molecule has 0 fully saturated rings. The first-order valence-electron chi connectivity index (χ1n) is 11.3. The molecule has 35 heavy (non-hydrogen) atoms. The Morgan fingerprint density at radius 1 is 1.23 bits per heavy atom. The Labute approximate surface area is 199 Å². The Balaban J connectivity index is 1.60. The normalized spacial score (nSPS) is 15.3. The average Bonchev–Trinajstić information content (AvgIpc) is 3.14. The summed E-state index contributed by atoms with van der Waals surface area (Å²) in [5.74, 6) is 0.289. The lowest BCUT2D eigenvalue weighted by atomic mass is 10.0. The first kappa shape index (κ1) is 23.1. The smallest absolute Gasteiger partial charge is 0.278 e. The minimum absolute atomic E-state index is 0.211. The van der Waals surface area contributed by atoms with E-state index in [1.54, 1.807) is 13.0 Å². The largest absolute Gasteiger partial charge is 0.378 e. The van der Waals surface area contributed by atoms with Crippen molar-refractivity contribution in [3.63, 3.8) is 0 Å². The molecule has 0 aliphatic carbocycles. The zero-order valence-corrected chi connectivity index (χ0v) is 19.3. The summed E-state index contributed by atoms with van der Waals surface area (Å²) in [6.45, 7) is 4.84. The van der Waals surface area contributed by atoms with E-state index in [0.29, 0.717) is 17.9 Å². The van der Waals surface area contributed by atoms with Crippen LogP contribution in [-0.4, -0.2) is 42.4 Å². The molecule has 5 rings (SSSR count). The van der Waals surface area contributed by atoms with E-state index < -0.39 is 12.0 Å². The van der Waals surface area contributed by atoms with Gasteiger partial charge in [-0.05, 0) is 62.2 Å². The predicted octanol–water partition coefficient (Wildman–Crippen LogP) is 2.86. The number of alkyl halides is 2. The number of nitrogens with one attached hydrogen (secondary N) is 2. The molecule has 3 N–H and O–H groups in total. The molecule has 1 aliphatic heterocycles. The molecule has 1 atom stereocenters. The van der Waals surface area contributed by atoms with Crippen molar-refractivity contribution in [2.45, 2.75) is 45.4 Å². The number of pyridine rings is 1. The molecule has 1 aromatic carbocycles. The molecule has 0 amide bonds. The van der Waals surface area contributed by atoms with Crippen LogP contribution in [0.5, 0.6) is 0 Å². The molecule has 0 bridgehead atoms. The second-order valence-corrected chi connectivity index (χ2v) is 8.65. The van der Waals surface area contributed by atoms with Gasteiger partial charge in [0.05, 0.1) is 11.4 Å². The van der Waals surface area contributed by atoms with Crippen LogP contribution in [0.4, 0.5) is 20.4 Å². The zero-order chi connectivity index (χ0) is 24.7. The molecule has 0 saturated heterocycles. The third kappa shape index (κ3) is 4.06. The minimum atomic E-state index is -3.04. The number of fused-ring (bicyclic) bond motifs is 2. The first-order chi connectivity index (χ1) is 16.8. The molecule has 182 valence electrons. The van der Waals surface area contributed by atoms with Crippen LogP contribution >= 0.6 is 0 Å². The quantitative estimate of drug-likeness (QED) is 0.389. The maximum atomic E-state index is 13.4. The minimum Gasteiger partial charge on any atom is -0.378 e. The fourth-order valence-electron chi connectivity index (χ4n) is 4.26. The monoisotopic (exact) mass is 481 g/mol. The van der Waals surface area contributed by atoms with Gasteiger partial charge in [0.2, 0.25) is 5.95 Å². The van der Waals surface area contributed by atoms with Gasteiger partial charge in [-0.15, -0.1) is 0 Å². The van der Waals surface area contributed by atoms with E-state index in [1.165, 1.54) is 39.0 Å². The molecule has 0 saturated carbocycles. The predicted molar refractivity (Wildman–Crippen MR) is 127 cm³/mol. The molecule has 4 heterocycles. The number of aliphatic hydroxyl groups is 1. The Morgan fingerprint density at radius 2 is 2.06 bits per heavy atom. The van der Waals surface area contributed by atoms with Crippen LogP contribution in [0.3, 0.4) is 0 Å². The summed E-state index contributed by atoms with van der Waals surface area (Å²) in [5.41, 5.74) is 1.02. The number of anilines is 2. The van der Waals surface area contributed by atoms with Gasteiger partial charge in [-0.1, -0.05) is 6.07 Å². The number of nitrogens with zero attached hydrogens (tertiary/aromatic N) is 5. The van der Waals surface area contributed by atoms with E-state index in [9.17, 15) is 18.7 Å². The number of hydrogen-bond donors (Lipinski definition) is 3. The summed E-state index contributed by atoms with van der Waals surface area (Å²) in [4.78, 5) is 25.9. The molecule has 1 unspecified atom stereocenters. The first-order valence-corrected chi connectivity index (χ1v) is 11.3. The van der Waals surface area contributed by atoms with E-state index in [0.717, 1.165) is 32.1 Å². The highest BCUT2D eigenvalue weighted by Gasteiger charge is 2.36. The van der Waals surface area contributed by atoms with Crippen LogP contribution in [0.1, 0.15) is 30.7 Å². The maximum Gasteiger partial charge on any atom is 0.278 e. The molecular weight excluding hydrogens is 456 g/mol. The lowest BCUT2D eigenvalue weighted by Gasteiger charge is -2.22. The van der Waals surface area contributed by atoms with Crippen molar-refractivity contribution < 1.29 is 13.9 Å². The number of halogens is 2. The van der Waals surface area contributed by atoms with Crippen LogP contribution in [0.2, 0.25) is 0 Å². The van der Waals surface area contributed by atoms with Crippen molar-refractivity contribution in [3.05, 3.63) is 69.9 Å². The van der Waals surface area contributed by atoms with Gasteiger partial charge in [0.15, 0.2) is 11.2 Å². The summed E-state index contributed by atoms with van der Waals surface area (Å²) in [6.07, 6.45) is 0.707. The number of hydrogen-bond acceptors (Lipinski definition) is 7. The second-order valence-electron chi connectivity index (χ2n) is 8.65. The van der Waals surface area contributed by atoms with Crippen LogP contribution in [0.25, 0.3) is 16.7 Å². The van der Waals surface area contributed by atoms with Crippen molar-refractivity contribution in [2.75, 3.05) is 11.9 Å². The van der Waals surface area contributed by atoms with Crippen molar-refractivity contribution in [2.24, 2.45) is 0 Å². The summed E-state index contributed by atoms with van der Waals surface area (Å²) < 4.78 is 29.8.